The molecule has 3 nitrogen and oxygen atoms in total. The van der Waals surface area contributed by atoms with Gasteiger partial charge in [-0.25, -0.2) is 4.18 Å². The van der Waals surface area contributed by atoms with Crippen LogP contribution in [-0.2, 0) is 14.3 Å². The molecule has 0 bridgehead atoms. The summed E-state index contributed by atoms with van der Waals surface area (Å²) in [5.41, 5.74) is 0.487. The molecule has 0 saturated carbocycles. The monoisotopic (exact) mass is 408 g/mol. The Labute approximate surface area is 140 Å². The molecule has 2 rings (SSSR count). The van der Waals surface area contributed by atoms with Crippen LogP contribution in [0, 0.1) is 6.92 Å². The first-order chi connectivity index (χ1) is 10.6. The van der Waals surface area contributed by atoms with Crippen LogP contribution < -0.4 is 0 Å². The zero-order valence-electron chi connectivity index (χ0n) is 11.8. The van der Waals surface area contributed by atoms with Crippen LogP contribution >= 0.6 is 15.9 Å². The van der Waals surface area contributed by atoms with Gasteiger partial charge in [0.05, 0.1) is 4.90 Å². The van der Waals surface area contributed by atoms with Gasteiger partial charge in [0.15, 0.2) is 6.10 Å². The average molecular weight is 409 g/mol. The highest BCUT2D eigenvalue weighted by atomic mass is 79.9. The molecule has 124 valence electrons. The van der Waals surface area contributed by atoms with Gasteiger partial charge in [-0.1, -0.05) is 45.8 Å². The van der Waals surface area contributed by atoms with E-state index >= 15 is 0 Å². The van der Waals surface area contributed by atoms with E-state index in [0.29, 0.717) is 4.47 Å². The van der Waals surface area contributed by atoms with E-state index in [1.807, 2.05) is 0 Å². The van der Waals surface area contributed by atoms with Gasteiger partial charge in [0.1, 0.15) is 0 Å². The third-order valence-electron chi connectivity index (χ3n) is 3.00. The van der Waals surface area contributed by atoms with Crippen molar-refractivity contribution in [1.82, 2.24) is 0 Å². The minimum Gasteiger partial charge on any atom is -0.248 e. The molecule has 23 heavy (non-hydrogen) atoms. The molecule has 0 aliphatic rings. The second-order valence-electron chi connectivity index (χ2n) is 4.84. The molecule has 1 atom stereocenters. The van der Waals surface area contributed by atoms with E-state index in [4.69, 9.17) is 0 Å². The first kappa shape index (κ1) is 18.0. The summed E-state index contributed by atoms with van der Waals surface area (Å²) >= 11 is 3.11. The van der Waals surface area contributed by atoms with E-state index in [1.54, 1.807) is 6.92 Å². The molecule has 0 unspecified atom stereocenters. The fraction of sp³-hybridized carbons (Fsp3) is 0.200. The molecule has 2 aromatic rings. The molecule has 0 N–H and O–H groups in total. The number of hydrogen-bond acceptors (Lipinski definition) is 3. The molecule has 0 aliphatic heterocycles. The highest BCUT2D eigenvalue weighted by molar-refractivity contribution is 9.10. The number of halogens is 4. The molecule has 0 saturated heterocycles. The Kier molecular flexibility index (Phi) is 5.17. The standard InChI is InChI=1S/C15H12BrF3O3S/c1-10-2-8-13(9-3-10)23(20,21)22-14(15(17,18)19)11-4-6-12(16)7-5-11/h2-9,14H,1H3/t14-/m1/s1. The summed E-state index contributed by atoms with van der Waals surface area (Å²) in [5.74, 6) is 0. The molecular weight excluding hydrogens is 397 g/mol. The van der Waals surface area contributed by atoms with Gasteiger partial charge in [0, 0.05) is 4.47 Å². The predicted molar refractivity (Wildman–Crippen MR) is 82.4 cm³/mol. The Morgan fingerprint density at radius 1 is 1.00 bits per heavy atom. The van der Waals surface area contributed by atoms with Gasteiger partial charge in [-0.15, -0.1) is 0 Å². The number of hydrogen-bond donors (Lipinski definition) is 0. The minimum absolute atomic E-state index is 0.295. The van der Waals surface area contributed by atoms with E-state index in [9.17, 15) is 21.6 Å². The minimum atomic E-state index is -4.87. The third-order valence-corrected chi connectivity index (χ3v) is 4.83. The summed E-state index contributed by atoms with van der Waals surface area (Å²) in [5, 5.41) is 0. The maximum Gasteiger partial charge on any atom is 0.420 e. The molecule has 0 aliphatic carbocycles. The van der Waals surface area contributed by atoms with Crippen molar-refractivity contribution in [2.24, 2.45) is 0 Å². The van der Waals surface area contributed by atoms with E-state index in [-0.39, 0.29) is 10.5 Å². The molecule has 0 heterocycles. The highest BCUT2D eigenvalue weighted by Crippen LogP contribution is 2.38. The maximum absolute atomic E-state index is 13.2. The average Bonchev–Trinajstić information content (AvgIpc) is 2.45. The van der Waals surface area contributed by atoms with E-state index < -0.39 is 22.4 Å². The van der Waals surface area contributed by atoms with Crippen LogP contribution in [0.5, 0.6) is 0 Å². The Bertz CT molecular complexity index is 769. The lowest BCUT2D eigenvalue weighted by molar-refractivity contribution is -0.196. The normalized spacial score (nSPS) is 13.8. The Morgan fingerprint density at radius 2 is 1.52 bits per heavy atom. The van der Waals surface area contributed by atoms with Crippen molar-refractivity contribution in [1.29, 1.82) is 0 Å². The molecule has 0 spiro atoms. The molecule has 0 fully saturated rings. The van der Waals surface area contributed by atoms with Crippen LogP contribution in [0.15, 0.2) is 57.9 Å². The summed E-state index contributed by atoms with van der Waals surface area (Å²) in [6.45, 7) is 1.73. The largest absolute Gasteiger partial charge is 0.420 e. The summed E-state index contributed by atoms with van der Waals surface area (Å²) in [6, 6.07) is 10.5. The van der Waals surface area contributed by atoms with Gasteiger partial charge >= 0.3 is 6.18 Å². The molecule has 0 radical (unpaired) electrons. The first-order valence-electron chi connectivity index (χ1n) is 6.42. The Balaban J connectivity index is 2.38. The molecule has 0 amide bonds. The Hall–Kier alpha value is -1.38. The highest BCUT2D eigenvalue weighted by Gasteiger charge is 2.45. The van der Waals surface area contributed by atoms with Crippen molar-refractivity contribution in [2.45, 2.75) is 24.1 Å². The second kappa shape index (κ2) is 6.62. The molecular formula is C15H12BrF3O3S. The van der Waals surface area contributed by atoms with Crippen molar-refractivity contribution in [3.8, 4) is 0 Å². The van der Waals surface area contributed by atoms with Gasteiger partial charge in [0.2, 0.25) is 0 Å². The van der Waals surface area contributed by atoms with Crippen LogP contribution in [-0.4, -0.2) is 14.6 Å². The van der Waals surface area contributed by atoms with Crippen molar-refractivity contribution < 1.29 is 25.8 Å². The maximum atomic E-state index is 13.2. The molecule has 8 heteroatoms. The Morgan fingerprint density at radius 3 is 2.00 bits per heavy atom. The van der Waals surface area contributed by atoms with Crippen LogP contribution in [0.2, 0.25) is 0 Å². The lowest BCUT2D eigenvalue weighted by Gasteiger charge is -2.20. The van der Waals surface area contributed by atoms with Crippen molar-refractivity contribution in [3.05, 3.63) is 64.1 Å². The van der Waals surface area contributed by atoms with Crippen LogP contribution in [0.3, 0.4) is 0 Å². The summed E-state index contributed by atoms with van der Waals surface area (Å²) in [4.78, 5) is -0.325. The fourth-order valence-electron chi connectivity index (χ4n) is 1.82. The lowest BCUT2D eigenvalue weighted by Crippen LogP contribution is -2.26. The second-order valence-corrected chi connectivity index (χ2v) is 7.32. The number of aryl methyl sites for hydroxylation is 1. The predicted octanol–water partition coefficient (Wildman–Crippen LogP) is 4.77. The van der Waals surface area contributed by atoms with Crippen molar-refractivity contribution in [2.75, 3.05) is 0 Å². The van der Waals surface area contributed by atoms with Gasteiger partial charge in [0.25, 0.3) is 10.1 Å². The molecule has 2 aromatic carbocycles. The number of benzene rings is 2. The third kappa shape index (κ3) is 4.55. The number of rotatable bonds is 4. The van der Waals surface area contributed by atoms with Gasteiger partial charge in [-0.2, -0.15) is 21.6 Å². The summed E-state index contributed by atoms with van der Waals surface area (Å²) < 4.78 is 68.9. The number of alkyl halides is 3. The first-order valence-corrected chi connectivity index (χ1v) is 8.62. The van der Waals surface area contributed by atoms with Crippen LogP contribution in [0.1, 0.15) is 17.2 Å². The van der Waals surface area contributed by atoms with Crippen molar-refractivity contribution >= 4 is 26.0 Å². The van der Waals surface area contributed by atoms with E-state index in [1.165, 1.54) is 36.4 Å². The fourth-order valence-corrected chi connectivity index (χ4v) is 3.14. The SMILES string of the molecule is Cc1ccc(S(=O)(=O)O[C@H](c2ccc(Br)cc2)C(F)(F)F)cc1. The van der Waals surface area contributed by atoms with Gasteiger partial charge in [-0.05, 0) is 36.8 Å². The molecule has 0 aromatic heterocycles. The topological polar surface area (TPSA) is 43.4 Å². The van der Waals surface area contributed by atoms with Crippen LogP contribution in [0.4, 0.5) is 13.2 Å². The van der Waals surface area contributed by atoms with Crippen molar-refractivity contribution in [3.63, 3.8) is 0 Å². The van der Waals surface area contributed by atoms with E-state index in [2.05, 4.69) is 20.1 Å². The summed E-state index contributed by atoms with van der Waals surface area (Å²) in [7, 11) is -4.55. The zero-order valence-corrected chi connectivity index (χ0v) is 14.2. The quantitative estimate of drug-likeness (QED) is 0.684. The van der Waals surface area contributed by atoms with Gasteiger partial charge in [-0.3, -0.25) is 0 Å². The van der Waals surface area contributed by atoms with E-state index in [0.717, 1.165) is 17.7 Å². The lowest BCUT2D eigenvalue weighted by atomic mass is 10.1. The zero-order chi connectivity index (χ0) is 17.3. The van der Waals surface area contributed by atoms with Gasteiger partial charge < -0.3 is 0 Å². The summed E-state index contributed by atoms with van der Waals surface area (Å²) in [6.07, 6.45) is -7.44. The van der Waals surface area contributed by atoms with Crippen LogP contribution in [0.25, 0.3) is 0 Å². The smallest absolute Gasteiger partial charge is 0.248 e.